The Kier molecular flexibility index (Phi) is 7.66. The maximum Gasteiger partial charge on any atom is 0.264 e. The lowest BCUT2D eigenvalue weighted by Crippen LogP contribution is -2.55. The van der Waals surface area contributed by atoms with Crippen molar-refractivity contribution in [2.45, 2.75) is 37.5 Å². The normalized spacial score (nSPS) is 16.1. The van der Waals surface area contributed by atoms with Crippen LogP contribution in [-0.4, -0.2) is 68.4 Å². The fraction of sp³-hybridized carbons (Fsp3) is 0.286. The van der Waals surface area contributed by atoms with Crippen molar-refractivity contribution >= 4 is 27.0 Å². The number of piperidine rings is 1. The first-order valence-electron chi connectivity index (χ1n) is 12.9. The van der Waals surface area contributed by atoms with Gasteiger partial charge in [0.2, 0.25) is 15.9 Å². The maximum atomic E-state index is 13.4. The molecule has 4 aromatic rings. The van der Waals surface area contributed by atoms with E-state index in [1.807, 2.05) is 60.7 Å². The monoisotopic (exact) mass is 562 g/mol. The van der Waals surface area contributed by atoms with E-state index < -0.39 is 21.7 Å². The molecule has 2 aromatic carbocycles. The van der Waals surface area contributed by atoms with E-state index in [-0.39, 0.29) is 50.4 Å². The minimum absolute atomic E-state index is 0.00383. The van der Waals surface area contributed by atoms with Crippen LogP contribution in [-0.2, 0) is 27.8 Å². The lowest BCUT2D eigenvalue weighted by atomic mass is 9.90. The second kappa shape index (κ2) is 11.2. The number of fused-ring (bicyclic) bond motifs is 1. The molecule has 1 atom stereocenters. The van der Waals surface area contributed by atoms with Crippen molar-refractivity contribution in [2.24, 2.45) is 0 Å². The molecule has 0 aliphatic carbocycles. The third kappa shape index (κ3) is 5.88. The van der Waals surface area contributed by atoms with E-state index in [1.54, 1.807) is 9.58 Å². The van der Waals surface area contributed by atoms with Crippen LogP contribution < -0.4 is 10.3 Å². The molecule has 1 amide bonds. The molecule has 2 N–H and O–H groups in total. The van der Waals surface area contributed by atoms with Crippen molar-refractivity contribution in [2.75, 3.05) is 13.1 Å². The largest absolute Gasteiger partial charge is 0.388 e. The molecule has 0 unspecified atom stereocenters. The van der Waals surface area contributed by atoms with E-state index in [4.69, 9.17) is 0 Å². The summed E-state index contributed by atoms with van der Waals surface area (Å²) in [5, 5.41) is 16.8. The first kappa shape index (κ1) is 27.4. The Morgan fingerprint density at radius 2 is 1.75 bits per heavy atom. The van der Waals surface area contributed by atoms with Crippen molar-refractivity contribution in [1.29, 1.82) is 0 Å². The number of nitrogens with one attached hydrogen (secondary N) is 1. The Morgan fingerprint density at radius 3 is 2.40 bits per heavy atom. The molecule has 0 radical (unpaired) electrons. The number of hydrogen-bond acceptors (Lipinski definition) is 7. The lowest BCUT2D eigenvalue weighted by Gasteiger charge is -2.39. The Bertz CT molecular complexity index is 1680. The number of carbonyl (C=O) groups is 1. The van der Waals surface area contributed by atoms with Crippen LogP contribution in [0, 0.1) is 0 Å². The highest BCUT2D eigenvalue weighted by atomic mass is 32.2. The van der Waals surface area contributed by atoms with Crippen molar-refractivity contribution in [3.8, 4) is 5.69 Å². The van der Waals surface area contributed by atoms with E-state index >= 15 is 0 Å². The molecule has 2 aromatic heterocycles. The number of nitrogens with zero attached hydrogens (tertiary/aromatic N) is 5. The van der Waals surface area contributed by atoms with Crippen molar-refractivity contribution in [1.82, 2.24) is 29.0 Å². The smallest absolute Gasteiger partial charge is 0.264 e. The standard InChI is InChI=1S/C28H30N6O5S/c1-2-40(38,39)31-24(17-21-9-5-3-6-10-21)27(36)32-15-13-28(37,14-16-32)19-33-20-29-25-23(26(33)35)18-30-34(25)22-11-7-4-8-12-22/h2-12,18,20,24,31,37H,1,13-17,19H2/t24-/m1/s1. The number of hydrogen-bond donors (Lipinski definition) is 2. The summed E-state index contributed by atoms with van der Waals surface area (Å²) in [6.07, 6.45) is 3.46. The first-order valence-corrected chi connectivity index (χ1v) is 14.4. The number of amides is 1. The number of aromatic nitrogens is 4. The van der Waals surface area contributed by atoms with Gasteiger partial charge in [-0.15, -0.1) is 0 Å². The number of likely N-dealkylation sites (tertiary alicyclic amines) is 1. The number of rotatable bonds is 9. The second-order valence-electron chi connectivity index (χ2n) is 9.93. The molecule has 0 spiro atoms. The van der Waals surface area contributed by atoms with Crippen LogP contribution in [0.5, 0.6) is 0 Å². The van der Waals surface area contributed by atoms with Gasteiger partial charge in [0, 0.05) is 18.5 Å². The van der Waals surface area contributed by atoms with E-state index in [2.05, 4.69) is 21.4 Å². The molecule has 1 fully saturated rings. The van der Waals surface area contributed by atoms with Crippen molar-refractivity contribution in [3.05, 3.63) is 101 Å². The van der Waals surface area contributed by atoms with Crippen LogP contribution in [0.2, 0.25) is 0 Å². The molecule has 208 valence electrons. The zero-order chi connectivity index (χ0) is 28.3. The van der Waals surface area contributed by atoms with Crippen molar-refractivity contribution < 1.29 is 18.3 Å². The second-order valence-corrected chi connectivity index (χ2v) is 11.6. The highest BCUT2D eigenvalue weighted by molar-refractivity contribution is 7.92. The zero-order valence-corrected chi connectivity index (χ0v) is 22.6. The minimum atomic E-state index is -3.86. The van der Waals surface area contributed by atoms with E-state index in [9.17, 15) is 23.1 Å². The predicted octanol–water partition coefficient (Wildman–Crippen LogP) is 1.61. The molecular weight excluding hydrogens is 532 g/mol. The molecule has 5 rings (SSSR count). The molecule has 1 saturated heterocycles. The van der Waals surface area contributed by atoms with Gasteiger partial charge in [0.05, 0.1) is 24.0 Å². The Labute approximate surface area is 231 Å². The summed E-state index contributed by atoms with van der Waals surface area (Å²) >= 11 is 0. The highest BCUT2D eigenvalue weighted by Crippen LogP contribution is 2.25. The topological polar surface area (TPSA) is 139 Å². The summed E-state index contributed by atoms with van der Waals surface area (Å²) in [7, 11) is -3.86. The van der Waals surface area contributed by atoms with Crippen LogP contribution >= 0.6 is 0 Å². The van der Waals surface area contributed by atoms with Crippen molar-refractivity contribution in [3.63, 3.8) is 0 Å². The van der Waals surface area contributed by atoms with E-state index in [0.717, 1.165) is 16.7 Å². The molecular formula is C28H30N6O5S. The van der Waals surface area contributed by atoms with Gasteiger partial charge in [0.15, 0.2) is 5.65 Å². The maximum absolute atomic E-state index is 13.4. The summed E-state index contributed by atoms with van der Waals surface area (Å²) in [6.45, 7) is 3.73. The SMILES string of the molecule is C=CS(=O)(=O)N[C@H](Cc1ccccc1)C(=O)N1CCC(O)(Cn2cnc3c(cnn3-c3ccccc3)c2=O)CC1. The number of aliphatic hydroxyl groups is 1. The third-order valence-electron chi connectivity index (χ3n) is 7.13. The van der Waals surface area contributed by atoms with Gasteiger partial charge in [-0.25, -0.2) is 18.1 Å². The van der Waals surface area contributed by atoms with Gasteiger partial charge in [-0.2, -0.15) is 9.82 Å². The summed E-state index contributed by atoms with van der Waals surface area (Å²) in [5.41, 5.74) is 0.436. The molecule has 1 aliphatic heterocycles. The van der Waals surface area contributed by atoms with Crippen LogP contribution in [0.4, 0.5) is 0 Å². The van der Waals surface area contributed by atoms with Crippen LogP contribution in [0.15, 0.2) is 90.0 Å². The Balaban J connectivity index is 1.29. The summed E-state index contributed by atoms with van der Waals surface area (Å²) in [5.74, 6) is -0.384. The van der Waals surface area contributed by atoms with Gasteiger partial charge in [0.1, 0.15) is 17.8 Å². The summed E-state index contributed by atoms with van der Waals surface area (Å²) in [6, 6.07) is 17.5. The average Bonchev–Trinajstić information content (AvgIpc) is 3.40. The van der Waals surface area contributed by atoms with Gasteiger partial charge >= 0.3 is 0 Å². The lowest BCUT2D eigenvalue weighted by molar-refractivity contribution is -0.137. The molecule has 0 bridgehead atoms. The summed E-state index contributed by atoms with van der Waals surface area (Å²) in [4.78, 5) is 32.6. The number of carbonyl (C=O) groups excluding carboxylic acids is 1. The van der Waals surface area contributed by atoms with Gasteiger partial charge < -0.3 is 10.0 Å². The molecule has 12 heteroatoms. The third-order valence-corrected chi connectivity index (χ3v) is 8.18. The van der Waals surface area contributed by atoms with Crippen LogP contribution in [0.3, 0.4) is 0 Å². The summed E-state index contributed by atoms with van der Waals surface area (Å²) < 4.78 is 29.8. The first-order chi connectivity index (χ1) is 19.2. The fourth-order valence-corrected chi connectivity index (χ4v) is 5.61. The quantitative estimate of drug-likeness (QED) is 0.316. The zero-order valence-electron chi connectivity index (χ0n) is 21.8. The average molecular weight is 563 g/mol. The van der Waals surface area contributed by atoms with Crippen LogP contribution in [0.1, 0.15) is 18.4 Å². The van der Waals surface area contributed by atoms with Gasteiger partial charge in [-0.1, -0.05) is 55.1 Å². The van der Waals surface area contributed by atoms with E-state index in [0.29, 0.717) is 11.0 Å². The predicted molar refractivity (Wildman–Crippen MR) is 150 cm³/mol. The van der Waals surface area contributed by atoms with E-state index in [1.165, 1.54) is 17.1 Å². The highest BCUT2D eigenvalue weighted by Gasteiger charge is 2.37. The van der Waals surface area contributed by atoms with Gasteiger partial charge in [-0.3, -0.25) is 14.2 Å². The number of benzene rings is 2. The molecule has 1 aliphatic rings. The van der Waals surface area contributed by atoms with Gasteiger partial charge in [0.25, 0.3) is 5.56 Å². The molecule has 3 heterocycles. The van der Waals surface area contributed by atoms with Crippen LogP contribution in [0.25, 0.3) is 16.7 Å². The Hall–Kier alpha value is -4.13. The number of para-hydroxylation sites is 1. The number of sulfonamides is 1. The fourth-order valence-electron chi connectivity index (χ4n) is 4.93. The minimum Gasteiger partial charge on any atom is -0.388 e. The molecule has 11 nitrogen and oxygen atoms in total. The molecule has 0 saturated carbocycles. The Morgan fingerprint density at radius 1 is 1.10 bits per heavy atom. The molecule has 40 heavy (non-hydrogen) atoms. The van der Waals surface area contributed by atoms with Gasteiger partial charge in [-0.05, 0) is 37.0 Å².